The lowest BCUT2D eigenvalue weighted by molar-refractivity contribution is -0.142. The summed E-state index contributed by atoms with van der Waals surface area (Å²) in [5, 5.41) is 9.74. The second-order valence-corrected chi connectivity index (χ2v) is 3.50. The van der Waals surface area contributed by atoms with Gasteiger partial charge in [-0.1, -0.05) is 18.2 Å². The van der Waals surface area contributed by atoms with Crippen molar-refractivity contribution in [2.45, 2.75) is 13.1 Å². The van der Waals surface area contributed by atoms with Crippen LogP contribution in [-0.4, -0.2) is 10.1 Å². The average Bonchev–Trinajstić information content (AvgIpc) is 2.15. The number of para-hydroxylation sites is 1. The van der Waals surface area contributed by atoms with Gasteiger partial charge in [0, 0.05) is 5.39 Å². The number of benzene rings is 1. The average molecular weight is 227 g/mol. The zero-order chi connectivity index (χ0) is 11.9. The quantitative estimate of drug-likeness (QED) is 0.749. The maximum atomic E-state index is 12.5. The number of hydrogen-bond acceptors (Lipinski definition) is 2. The van der Waals surface area contributed by atoms with E-state index >= 15 is 0 Å². The lowest BCUT2D eigenvalue weighted by Crippen LogP contribution is -2.08. The van der Waals surface area contributed by atoms with Gasteiger partial charge in [-0.05, 0) is 18.6 Å². The highest BCUT2D eigenvalue weighted by molar-refractivity contribution is 5.83. The highest BCUT2D eigenvalue weighted by atomic mass is 19.4. The van der Waals surface area contributed by atoms with Crippen LogP contribution in [0.2, 0.25) is 0 Å². The molecule has 2 nitrogen and oxygen atoms in total. The molecule has 0 saturated heterocycles. The van der Waals surface area contributed by atoms with E-state index in [1.54, 1.807) is 25.1 Å². The number of aromatic nitrogens is 1. The minimum absolute atomic E-state index is 0.257. The number of nitrogens with zero attached hydrogens (tertiary/aromatic N) is 1. The first-order valence-electron chi connectivity index (χ1n) is 4.56. The molecule has 84 valence electrons. The van der Waals surface area contributed by atoms with Gasteiger partial charge in [-0.2, -0.15) is 13.2 Å². The maximum absolute atomic E-state index is 12.5. The van der Waals surface area contributed by atoms with E-state index in [9.17, 15) is 18.3 Å². The summed E-state index contributed by atoms with van der Waals surface area (Å²) in [6.07, 6.45) is -4.64. The van der Waals surface area contributed by atoms with Crippen molar-refractivity contribution in [2.24, 2.45) is 0 Å². The van der Waals surface area contributed by atoms with Crippen LogP contribution < -0.4 is 0 Å². The van der Waals surface area contributed by atoms with E-state index in [1.165, 1.54) is 0 Å². The smallest absolute Gasteiger partial charge is 0.437 e. The Kier molecular flexibility index (Phi) is 2.26. The van der Waals surface area contributed by atoms with Crippen molar-refractivity contribution in [3.63, 3.8) is 0 Å². The summed E-state index contributed by atoms with van der Waals surface area (Å²) in [4.78, 5) is 3.47. The Morgan fingerprint density at radius 2 is 1.94 bits per heavy atom. The molecule has 1 aromatic carbocycles. The van der Waals surface area contributed by atoms with E-state index in [-0.39, 0.29) is 5.52 Å². The molecule has 0 amide bonds. The second-order valence-electron chi connectivity index (χ2n) is 3.50. The van der Waals surface area contributed by atoms with Gasteiger partial charge in [0.15, 0.2) is 5.69 Å². The Hall–Kier alpha value is -1.78. The van der Waals surface area contributed by atoms with Crippen LogP contribution in [0.3, 0.4) is 0 Å². The molecule has 0 aliphatic heterocycles. The zero-order valence-electron chi connectivity index (χ0n) is 8.34. The molecule has 0 radical (unpaired) electrons. The molecule has 0 fully saturated rings. The van der Waals surface area contributed by atoms with E-state index in [4.69, 9.17) is 0 Å². The fourth-order valence-corrected chi connectivity index (χ4v) is 1.54. The van der Waals surface area contributed by atoms with Crippen LogP contribution >= 0.6 is 0 Å². The molecule has 2 aromatic rings. The van der Waals surface area contributed by atoms with Crippen molar-refractivity contribution in [2.75, 3.05) is 0 Å². The molecular formula is C11H8F3NO. The standard InChI is InChI=1S/C11H8F3NO/c1-6-3-2-4-7-5-8(16)10(11(12,13)14)15-9(6)7/h2-5,16H,1H3. The Bertz CT molecular complexity index is 549. The maximum Gasteiger partial charge on any atom is 0.437 e. The van der Waals surface area contributed by atoms with Gasteiger partial charge in [-0.25, -0.2) is 4.98 Å². The van der Waals surface area contributed by atoms with Crippen LogP contribution in [0.25, 0.3) is 10.9 Å². The van der Waals surface area contributed by atoms with Crippen LogP contribution in [0.4, 0.5) is 13.2 Å². The lowest BCUT2D eigenvalue weighted by Gasteiger charge is -2.10. The van der Waals surface area contributed by atoms with Gasteiger partial charge in [0.2, 0.25) is 0 Å². The molecular weight excluding hydrogens is 219 g/mol. The van der Waals surface area contributed by atoms with E-state index in [2.05, 4.69) is 4.98 Å². The normalized spacial score (nSPS) is 12.0. The third-order valence-corrected chi connectivity index (χ3v) is 2.30. The minimum Gasteiger partial charge on any atom is -0.506 e. The molecule has 2 rings (SSSR count). The SMILES string of the molecule is Cc1cccc2cc(O)c(C(F)(F)F)nc12. The molecule has 0 aliphatic carbocycles. The Balaban J connectivity index is 2.80. The third-order valence-electron chi connectivity index (χ3n) is 2.30. The number of alkyl halides is 3. The Morgan fingerprint density at radius 1 is 1.25 bits per heavy atom. The van der Waals surface area contributed by atoms with Crippen LogP contribution in [-0.2, 0) is 6.18 Å². The van der Waals surface area contributed by atoms with Crippen LogP contribution in [0.5, 0.6) is 5.75 Å². The molecule has 1 N–H and O–H groups in total. The Morgan fingerprint density at radius 3 is 2.56 bits per heavy atom. The van der Waals surface area contributed by atoms with Crippen molar-refractivity contribution < 1.29 is 18.3 Å². The predicted molar refractivity (Wildman–Crippen MR) is 53.1 cm³/mol. The van der Waals surface area contributed by atoms with E-state index < -0.39 is 17.6 Å². The van der Waals surface area contributed by atoms with Gasteiger partial charge in [0.05, 0.1) is 5.52 Å². The molecule has 1 aromatic heterocycles. The first-order valence-corrected chi connectivity index (χ1v) is 4.56. The van der Waals surface area contributed by atoms with Crippen LogP contribution in [0.1, 0.15) is 11.3 Å². The number of fused-ring (bicyclic) bond motifs is 1. The van der Waals surface area contributed by atoms with Crippen molar-refractivity contribution >= 4 is 10.9 Å². The van der Waals surface area contributed by atoms with Crippen molar-refractivity contribution in [1.82, 2.24) is 4.98 Å². The third kappa shape index (κ3) is 1.68. The second kappa shape index (κ2) is 3.37. The minimum atomic E-state index is -4.64. The first-order chi connectivity index (χ1) is 7.39. The number of aromatic hydroxyl groups is 1. The van der Waals surface area contributed by atoms with Crippen molar-refractivity contribution in [1.29, 1.82) is 0 Å². The van der Waals surface area contributed by atoms with Gasteiger partial charge < -0.3 is 5.11 Å². The first kappa shape index (κ1) is 10.7. The highest BCUT2D eigenvalue weighted by Crippen LogP contribution is 2.36. The van der Waals surface area contributed by atoms with Gasteiger partial charge >= 0.3 is 6.18 Å². The summed E-state index contributed by atoms with van der Waals surface area (Å²) in [6, 6.07) is 6.06. The summed E-state index contributed by atoms with van der Waals surface area (Å²) in [6.45, 7) is 1.67. The molecule has 0 atom stereocenters. The monoisotopic (exact) mass is 227 g/mol. The summed E-state index contributed by atoms with van der Waals surface area (Å²) >= 11 is 0. The molecule has 0 saturated carbocycles. The number of rotatable bonds is 0. The number of aryl methyl sites for hydroxylation is 1. The van der Waals surface area contributed by atoms with Gasteiger partial charge in [-0.15, -0.1) is 0 Å². The van der Waals surface area contributed by atoms with Crippen molar-refractivity contribution in [3.05, 3.63) is 35.5 Å². The fraction of sp³-hybridized carbons (Fsp3) is 0.182. The van der Waals surface area contributed by atoms with Gasteiger partial charge in [0.1, 0.15) is 5.75 Å². The summed E-state index contributed by atoms with van der Waals surface area (Å²) in [5.74, 6) is -0.842. The Labute approximate surface area is 89.4 Å². The highest BCUT2D eigenvalue weighted by Gasteiger charge is 2.36. The molecule has 0 bridgehead atoms. The van der Waals surface area contributed by atoms with E-state index in [1.807, 2.05) is 0 Å². The predicted octanol–water partition coefficient (Wildman–Crippen LogP) is 3.27. The summed E-state index contributed by atoms with van der Waals surface area (Å²) in [5.41, 5.74) is -0.343. The topological polar surface area (TPSA) is 33.1 Å². The van der Waals surface area contributed by atoms with E-state index in [0.29, 0.717) is 10.9 Å². The zero-order valence-corrected chi connectivity index (χ0v) is 8.34. The van der Waals surface area contributed by atoms with Gasteiger partial charge in [0.25, 0.3) is 0 Å². The lowest BCUT2D eigenvalue weighted by atomic mass is 10.1. The number of halogens is 3. The summed E-state index contributed by atoms with van der Waals surface area (Å²) < 4.78 is 37.5. The molecule has 0 unspecified atom stereocenters. The van der Waals surface area contributed by atoms with E-state index in [0.717, 1.165) is 6.07 Å². The number of pyridine rings is 1. The van der Waals surface area contributed by atoms with Crippen molar-refractivity contribution in [3.8, 4) is 5.75 Å². The fourth-order valence-electron chi connectivity index (χ4n) is 1.54. The van der Waals surface area contributed by atoms with Gasteiger partial charge in [-0.3, -0.25) is 0 Å². The molecule has 1 heterocycles. The molecule has 16 heavy (non-hydrogen) atoms. The number of hydrogen-bond donors (Lipinski definition) is 1. The van der Waals surface area contributed by atoms with Crippen LogP contribution in [0, 0.1) is 6.92 Å². The van der Waals surface area contributed by atoms with Crippen LogP contribution in [0.15, 0.2) is 24.3 Å². The summed E-state index contributed by atoms with van der Waals surface area (Å²) in [7, 11) is 0. The molecule has 0 aliphatic rings. The molecule has 0 spiro atoms. The largest absolute Gasteiger partial charge is 0.506 e. The molecule has 5 heteroatoms.